The second kappa shape index (κ2) is 4.35. The summed E-state index contributed by atoms with van der Waals surface area (Å²) in [6.07, 6.45) is -0.858. The monoisotopic (exact) mass is 179 g/mol. The van der Waals surface area contributed by atoms with E-state index in [9.17, 15) is 5.11 Å². The molecule has 0 aliphatic rings. The molecule has 1 unspecified atom stereocenters. The number of phenols is 1. The predicted molar refractivity (Wildman–Crippen MR) is 47.1 cm³/mol. The van der Waals surface area contributed by atoms with Crippen molar-refractivity contribution in [3.8, 4) is 5.75 Å². The molecule has 0 aromatic heterocycles. The maximum Gasteiger partial charge on any atom is 0.115 e. The Bertz CT molecular complexity index is 334. The Labute approximate surface area is 74.9 Å². The van der Waals surface area contributed by atoms with Crippen molar-refractivity contribution in [2.75, 3.05) is 6.54 Å². The van der Waals surface area contributed by atoms with E-state index in [-0.39, 0.29) is 12.3 Å². The zero-order valence-corrected chi connectivity index (χ0v) is 6.83. The molecule has 1 rings (SSSR count). The van der Waals surface area contributed by atoms with Gasteiger partial charge in [-0.15, -0.1) is 0 Å². The smallest absolute Gasteiger partial charge is 0.115 e. The largest absolute Gasteiger partial charge is 0.508 e. The zero-order valence-electron chi connectivity index (χ0n) is 6.83. The number of aromatic hydroxyl groups is 1. The summed E-state index contributed by atoms with van der Waals surface area (Å²) >= 11 is 0. The third-order valence-corrected chi connectivity index (χ3v) is 1.57. The molecule has 0 fully saturated rings. The van der Waals surface area contributed by atoms with Crippen molar-refractivity contribution in [3.05, 3.63) is 40.3 Å². The number of hydrogen-bond acceptors (Lipinski definition) is 3. The SMILES string of the molecule is [N-]=[N+]=NCC(O)c1cccc(O)c1. The van der Waals surface area contributed by atoms with E-state index in [2.05, 4.69) is 10.0 Å². The molecule has 5 nitrogen and oxygen atoms in total. The first-order chi connectivity index (χ1) is 6.24. The van der Waals surface area contributed by atoms with Gasteiger partial charge < -0.3 is 10.2 Å². The van der Waals surface area contributed by atoms with E-state index in [1.165, 1.54) is 12.1 Å². The van der Waals surface area contributed by atoms with E-state index in [1.807, 2.05) is 0 Å². The molecule has 68 valence electrons. The maximum absolute atomic E-state index is 9.40. The number of hydrogen-bond donors (Lipinski definition) is 2. The molecule has 0 heterocycles. The first kappa shape index (κ1) is 9.38. The maximum atomic E-state index is 9.40. The molecule has 0 saturated carbocycles. The average Bonchev–Trinajstić information content (AvgIpc) is 2.14. The minimum atomic E-state index is -0.858. The predicted octanol–water partition coefficient (Wildman–Crippen LogP) is 1.74. The fourth-order valence-corrected chi connectivity index (χ4v) is 0.951. The topological polar surface area (TPSA) is 89.2 Å². The Morgan fingerprint density at radius 1 is 1.54 bits per heavy atom. The Morgan fingerprint density at radius 3 is 2.92 bits per heavy atom. The third kappa shape index (κ3) is 2.66. The van der Waals surface area contributed by atoms with Gasteiger partial charge in [-0.3, -0.25) is 0 Å². The molecular weight excluding hydrogens is 170 g/mol. The van der Waals surface area contributed by atoms with Crippen molar-refractivity contribution in [3.63, 3.8) is 0 Å². The van der Waals surface area contributed by atoms with Crippen LogP contribution in [0.1, 0.15) is 11.7 Å². The zero-order chi connectivity index (χ0) is 9.68. The molecule has 0 saturated heterocycles. The summed E-state index contributed by atoms with van der Waals surface area (Å²) in [5.74, 6) is 0.0810. The van der Waals surface area contributed by atoms with E-state index in [4.69, 9.17) is 10.6 Å². The number of aliphatic hydroxyl groups is 1. The molecule has 0 spiro atoms. The Kier molecular flexibility index (Phi) is 3.14. The van der Waals surface area contributed by atoms with E-state index >= 15 is 0 Å². The highest BCUT2D eigenvalue weighted by atomic mass is 16.3. The fourth-order valence-electron chi connectivity index (χ4n) is 0.951. The first-order valence-corrected chi connectivity index (χ1v) is 3.72. The van der Waals surface area contributed by atoms with Crippen molar-refractivity contribution < 1.29 is 10.2 Å². The molecule has 1 aromatic carbocycles. The molecule has 0 bridgehead atoms. The van der Waals surface area contributed by atoms with E-state index < -0.39 is 6.10 Å². The Balaban J connectivity index is 2.76. The highest BCUT2D eigenvalue weighted by Crippen LogP contribution is 2.18. The molecule has 1 aromatic rings. The average molecular weight is 179 g/mol. The second-order valence-electron chi connectivity index (χ2n) is 2.52. The molecule has 0 amide bonds. The van der Waals surface area contributed by atoms with Crippen LogP contribution in [0.4, 0.5) is 0 Å². The molecule has 0 aliphatic heterocycles. The first-order valence-electron chi connectivity index (χ1n) is 3.72. The number of benzene rings is 1. The molecule has 2 N–H and O–H groups in total. The van der Waals surface area contributed by atoms with E-state index in [0.29, 0.717) is 5.56 Å². The van der Waals surface area contributed by atoms with Gasteiger partial charge >= 0.3 is 0 Å². The van der Waals surface area contributed by atoms with Crippen LogP contribution in [0.2, 0.25) is 0 Å². The molecule has 0 radical (unpaired) electrons. The minimum absolute atomic E-state index is 0.0278. The number of aliphatic hydroxyl groups excluding tert-OH is 1. The van der Waals surface area contributed by atoms with Crippen molar-refractivity contribution in [2.45, 2.75) is 6.10 Å². The van der Waals surface area contributed by atoms with Crippen LogP contribution in [0.15, 0.2) is 29.4 Å². The van der Waals surface area contributed by atoms with Gasteiger partial charge in [-0.25, -0.2) is 0 Å². The number of rotatable bonds is 3. The lowest BCUT2D eigenvalue weighted by Gasteiger charge is -2.06. The summed E-state index contributed by atoms with van der Waals surface area (Å²) in [4.78, 5) is 2.53. The van der Waals surface area contributed by atoms with Gasteiger partial charge in [0, 0.05) is 4.91 Å². The van der Waals surface area contributed by atoms with Crippen molar-refractivity contribution in [2.24, 2.45) is 5.11 Å². The van der Waals surface area contributed by atoms with Gasteiger partial charge in [0.2, 0.25) is 0 Å². The summed E-state index contributed by atoms with van der Waals surface area (Å²) in [6.45, 7) is -0.0278. The van der Waals surface area contributed by atoms with Gasteiger partial charge in [-0.2, -0.15) is 0 Å². The molecule has 0 aliphatic carbocycles. The van der Waals surface area contributed by atoms with Crippen LogP contribution in [0.5, 0.6) is 5.75 Å². The van der Waals surface area contributed by atoms with Gasteiger partial charge in [0.25, 0.3) is 0 Å². The van der Waals surface area contributed by atoms with Gasteiger partial charge in [-0.1, -0.05) is 17.2 Å². The molecule has 5 heteroatoms. The number of azide groups is 1. The van der Waals surface area contributed by atoms with Crippen LogP contribution in [0.25, 0.3) is 10.4 Å². The van der Waals surface area contributed by atoms with Crippen LogP contribution in [-0.2, 0) is 0 Å². The summed E-state index contributed by atoms with van der Waals surface area (Å²) in [6, 6.07) is 6.20. The van der Waals surface area contributed by atoms with Gasteiger partial charge in [-0.05, 0) is 23.2 Å². The van der Waals surface area contributed by atoms with Crippen LogP contribution >= 0.6 is 0 Å². The lowest BCUT2D eigenvalue weighted by Crippen LogP contribution is -1.99. The summed E-state index contributed by atoms with van der Waals surface area (Å²) < 4.78 is 0. The molecule has 13 heavy (non-hydrogen) atoms. The van der Waals surface area contributed by atoms with Crippen LogP contribution in [0, 0.1) is 0 Å². The van der Waals surface area contributed by atoms with Gasteiger partial charge in [0.05, 0.1) is 12.6 Å². The summed E-state index contributed by atoms with van der Waals surface area (Å²) in [7, 11) is 0. The summed E-state index contributed by atoms with van der Waals surface area (Å²) in [5, 5.41) is 21.7. The summed E-state index contributed by atoms with van der Waals surface area (Å²) in [5.41, 5.74) is 8.55. The minimum Gasteiger partial charge on any atom is -0.508 e. The lowest BCUT2D eigenvalue weighted by atomic mass is 10.1. The van der Waals surface area contributed by atoms with Gasteiger partial charge in [0.15, 0.2) is 0 Å². The van der Waals surface area contributed by atoms with Crippen LogP contribution < -0.4 is 0 Å². The van der Waals surface area contributed by atoms with Crippen molar-refractivity contribution in [1.29, 1.82) is 0 Å². The second-order valence-corrected chi connectivity index (χ2v) is 2.52. The highest BCUT2D eigenvalue weighted by Gasteiger charge is 2.05. The van der Waals surface area contributed by atoms with Gasteiger partial charge in [0.1, 0.15) is 5.75 Å². The number of nitrogens with zero attached hydrogens (tertiary/aromatic N) is 3. The lowest BCUT2D eigenvalue weighted by molar-refractivity contribution is 0.186. The van der Waals surface area contributed by atoms with Crippen molar-refractivity contribution in [1.82, 2.24) is 0 Å². The quantitative estimate of drug-likeness (QED) is 0.420. The molecule has 1 atom stereocenters. The van der Waals surface area contributed by atoms with E-state index in [1.54, 1.807) is 12.1 Å². The Hall–Kier alpha value is -1.71. The highest BCUT2D eigenvalue weighted by molar-refractivity contribution is 5.28. The third-order valence-electron chi connectivity index (χ3n) is 1.57. The fraction of sp³-hybridized carbons (Fsp3) is 0.250. The van der Waals surface area contributed by atoms with E-state index in [0.717, 1.165) is 0 Å². The van der Waals surface area contributed by atoms with Crippen LogP contribution in [0.3, 0.4) is 0 Å². The normalized spacial score (nSPS) is 11.8. The van der Waals surface area contributed by atoms with Crippen molar-refractivity contribution >= 4 is 0 Å². The Morgan fingerprint density at radius 2 is 2.31 bits per heavy atom. The number of phenolic OH excluding ortho intramolecular Hbond substituents is 1. The molecular formula is C8H9N3O2. The standard InChI is InChI=1S/C8H9N3O2/c9-11-10-5-8(13)6-2-1-3-7(12)4-6/h1-4,8,12-13H,5H2. The van der Waals surface area contributed by atoms with Crippen LogP contribution in [-0.4, -0.2) is 16.8 Å².